The van der Waals surface area contributed by atoms with Crippen molar-refractivity contribution < 1.29 is 9.53 Å². The van der Waals surface area contributed by atoms with Crippen molar-refractivity contribution in [1.29, 1.82) is 0 Å². The first-order valence-electron chi connectivity index (χ1n) is 7.57. The lowest BCUT2D eigenvalue weighted by molar-refractivity contribution is -0.116. The minimum atomic E-state index is -0.0300. The number of carbonyl (C=O) groups is 1. The highest BCUT2D eigenvalue weighted by Crippen LogP contribution is 2.04. The Hall–Kier alpha value is -1.65. The quantitative estimate of drug-likeness (QED) is 0.641. The molecule has 0 aliphatic carbocycles. The van der Waals surface area contributed by atoms with Gasteiger partial charge < -0.3 is 10.1 Å². The Morgan fingerprint density at radius 1 is 1.29 bits per heavy atom. The second-order valence-corrected chi connectivity index (χ2v) is 5.34. The summed E-state index contributed by atoms with van der Waals surface area (Å²) in [7, 11) is 0. The number of nitrogens with one attached hydrogen (secondary N) is 1. The van der Waals surface area contributed by atoms with Crippen molar-refractivity contribution in [3.8, 4) is 0 Å². The molecule has 0 radical (unpaired) electrons. The fraction of sp³-hybridized carbons (Fsp3) is 0.471. The van der Waals surface area contributed by atoms with Crippen molar-refractivity contribution in [3.63, 3.8) is 0 Å². The number of rotatable bonds is 6. The Bertz CT molecular complexity index is 462. The van der Waals surface area contributed by atoms with E-state index in [4.69, 9.17) is 4.74 Å². The van der Waals surface area contributed by atoms with Crippen molar-refractivity contribution in [2.24, 2.45) is 0 Å². The first-order valence-corrected chi connectivity index (χ1v) is 7.57. The number of carbonyl (C=O) groups excluding carboxylic acids is 1. The number of aryl methyl sites for hydroxylation is 1. The summed E-state index contributed by atoms with van der Waals surface area (Å²) in [5.41, 5.74) is 2.27. The Kier molecular flexibility index (Phi) is 6.44. The highest BCUT2D eigenvalue weighted by Gasteiger charge is 2.09. The Morgan fingerprint density at radius 3 is 2.71 bits per heavy atom. The third kappa shape index (κ3) is 6.10. The maximum Gasteiger partial charge on any atom is 0.243 e. The van der Waals surface area contributed by atoms with Crippen LogP contribution in [0.5, 0.6) is 0 Å². The molecule has 4 heteroatoms. The minimum Gasteiger partial charge on any atom is -0.379 e. The van der Waals surface area contributed by atoms with Gasteiger partial charge in [0.05, 0.1) is 13.2 Å². The predicted molar refractivity (Wildman–Crippen MR) is 85.1 cm³/mol. The van der Waals surface area contributed by atoms with Crippen molar-refractivity contribution >= 4 is 12.0 Å². The molecule has 4 nitrogen and oxygen atoms in total. The fourth-order valence-electron chi connectivity index (χ4n) is 2.25. The second-order valence-electron chi connectivity index (χ2n) is 5.34. The van der Waals surface area contributed by atoms with Crippen LogP contribution in [-0.4, -0.2) is 50.2 Å². The number of benzene rings is 1. The molecule has 1 heterocycles. The van der Waals surface area contributed by atoms with Crippen LogP contribution in [0.15, 0.2) is 30.3 Å². The molecule has 1 aliphatic heterocycles. The van der Waals surface area contributed by atoms with Gasteiger partial charge >= 0.3 is 0 Å². The zero-order valence-corrected chi connectivity index (χ0v) is 12.7. The average molecular weight is 288 g/mol. The molecule has 0 bridgehead atoms. The van der Waals surface area contributed by atoms with E-state index < -0.39 is 0 Å². The number of morpholine rings is 1. The monoisotopic (exact) mass is 288 g/mol. The first-order chi connectivity index (χ1) is 10.2. The summed E-state index contributed by atoms with van der Waals surface area (Å²) in [6.07, 6.45) is 4.42. The summed E-state index contributed by atoms with van der Waals surface area (Å²) in [4.78, 5) is 14.1. The topological polar surface area (TPSA) is 41.6 Å². The average Bonchev–Trinajstić information content (AvgIpc) is 2.52. The Labute approximate surface area is 126 Å². The number of nitrogens with zero attached hydrogens (tertiary/aromatic N) is 1. The van der Waals surface area contributed by atoms with E-state index in [2.05, 4.69) is 17.1 Å². The lowest BCUT2D eigenvalue weighted by Gasteiger charge is -2.26. The van der Waals surface area contributed by atoms with Gasteiger partial charge in [-0.25, -0.2) is 0 Å². The molecule has 2 rings (SSSR count). The molecular weight excluding hydrogens is 264 g/mol. The maximum atomic E-state index is 11.7. The van der Waals surface area contributed by atoms with Crippen LogP contribution in [0.3, 0.4) is 0 Å². The molecule has 1 saturated heterocycles. The van der Waals surface area contributed by atoms with Crippen LogP contribution in [0.25, 0.3) is 6.08 Å². The fourth-order valence-corrected chi connectivity index (χ4v) is 2.25. The number of hydrogen-bond acceptors (Lipinski definition) is 3. The minimum absolute atomic E-state index is 0.0300. The van der Waals surface area contributed by atoms with E-state index in [1.807, 2.05) is 30.3 Å². The van der Waals surface area contributed by atoms with Gasteiger partial charge in [-0.15, -0.1) is 0 Å². The van der Waals surface area contributed by atoms with Gasteiger partial charge in [-0.1, -0.05) is 29.8 Å². The standard InChI is InChI=1S/C17H24N2O2/c1-15-3-5-16(6-4-15)7-8-17(20)18-9-2-10-19-11-13-21-14-12-19/h3-8H,2,9-14H2,1H3,(H,18,20)/b8-7+. The zero-order valence-electron chi connectivity index (χ0n) is 12.7. The number of amides is 1. The third-order valence-corrected chi connectivity index (χ3v) is 3.56. The number of ether oxygens (including phenoxy) is 1. The largest absolute Gasteiger partial charge is 0.379 e. The SMILES string of the molecule is Cc1ccc(/C=C/C(=O)NCCCN2CCOCC2)cc1. The predicted octanol–water partition coefficient (Wildman–Crippen LogP) is 1.85. The molecule has 1 aromatic carbocycles. The van der Waals surface area contributed by atoms with Crippen LogP contribution in [0.1, 0.15) is 17.5 Å². The normalized spacial score (nSPS) is 16.2. The van der Waals surface area contributed by atoms with Crippen molar-refractivity contribution in [2.75, 3.05) is 39.4 Å². The van der Waals surface area contributed by atoms with Gasteiger partial charge in [0.15, 0.2) is 0 Å². The highest BCUT2D eigenvalue weighted by atomic mass is 16.5. The molecule has 1 aliphatic rings. The molecule has 21 heavy (non-hydrogen) atoms. The smallest absolute Gasteiger partial charge is 0.243 e. The van der Waals surface area contributed by atoms with E-state index in [0.717, 1.165) is 44.8 Å². The van der Waals surface area contributed by atoms with Gasteiger partial charge in [-0.2, -0.15) is 0 Å². The van der Waals surface area contributed by atoms with E-state index in [0.29, 0.717) is 6.54 Å². The summed E-state index contributed by atoms with van der Waals surface area (Å²) >= 11 is 0. The molecule has 1 fully saturated rings. The van der Waals surface area contributed by atoms with Crippen LogP contribution < -0.4 is 5.32 Å². The molecule has 0 aromatic heterocycles. The van der Waals surface area contributed by atoms with Crippen molar-refractivity contribution in [3.05, 3.63) is 41.5 Å². The lowest BCUT2D eigenvalue weighted by Crippen LogP contribution is -2.38. The lowest BCUT2D eigenvalue weighted by atomic mass is 10.1. The molecule has 0 unspecified atom stereocenters. The van der Waals surface area contributed by atoms with Crippen LogP contribution in [0.4, 0.5) is 0 Å². The van der Waals surface area contributed by atoms with Crippen LogP contribution >= 0.6 is 0 Å². The second kappa shape index (κ2) is 8.60. The van der Waals surface area contributed by atoms with E-state index in [-0.39, 0.29) is 5.91 Å². The first kappa shape index (κ1) is 15.7. The maximum absolute atomic E-state index is 11.7. The molecule has 1 N–H and O–H groups in total. The molecule has 0 atom stereocenters. The Balaban J connectivity index is 1.61. The molecular formula is C17H24N2O2. The molecule has 0 spiro atoms. The van der Waals surface area contributed by atoms with Gasteiger partial charge in [0.2, 0.25) is 5.91 Å². The van der Waals surface area contributed by atoms with E-state index in [1.54, 1.807) is 6.08 Å². The summed E-state index contributed by atoms with van der Waals surface area (Å²) in [5.74, 6) is -0.0300. The molecule has 1 aromatic rings. The van der Waals surface area contributed by atoms with E-state index in [9.17, 15) is 4.79 Å². The van der Waals surface area contributed by atoms with Crippen LogP contribution in [0.2, 0.25) is 0 Å². The van der Waals surface area contributed by atoms with Gasteiger partial charge in [-0.3, -0.25) is 9.69 Å². The zero-order chi connectivity index (χ0) is 14.9. The van der Waals surface area contributed by atoms with Gasteiger partial charge in [0.25, 0.3) is 0 Å². The summed E-state index contributed by atoms with van der Waals surface area (Å²) in [6.45, 7) is 7.44. The summed E-state index contributed by atoms with van der Waals surface area (Å²) < 4.78 is 5.31. The van der Waals surface area contributed by atoms with Gasteiger partial charge in [-0.05, 0) is 31.5 Å². The van der Waals surface area contributed by atoms with E-state index >= 15 is 0 Å². The highest BCUT2D eigenvalue weighted by molar-refractivity contribution is 5.91. The van der Waals surface area contributed by atoms with Crippen molar-refractivity contribution in [2.45, 2.75) is 13.3 Å². The van der Waals surface area contributed by atoms with Gasteiger partial charge in [0, 0.05) is 25.7 Å². The molecule has 1 amide bonds. The van der Waals surface area contributed by atoms with Gasteiger partial charge in [0.1, 0.15) is 0 Å². The van der Waals surface area contributed by atoms with Crippen molar-refractivity contribution in [1.82, 2.24) is 10.2 Å². The number of hydrogen-bond donors (Lipinski definition) is 1. The Morgan fingerprint density at radius 2 is 2.00 bits per heavy atom. The van der Waals surface area contributed by atoms with E-state index in [1.165, 1.54) is 5.56 Å². The molecule has 114 valence electrons. The van der Waals surface area contributed by atoms with Crippen LogP contribution in [-0.2, 0) is 9.53 Å². The molecule has 0 saturated carbocycles. The van der Waals surface area contributed by atoms with Crippen LogP contribution in [0, 0.1) is 6.92 Å². The third-order valence-electron chi connectivity index (χ3n) is 3.56. The summed E-state index contributed by atoms with van der Waals surface area (Å²) in [5, 5.41) is 2.92. The summed E-state index contributed by atoms with van der Waals surface area (Å²) in [6, 6.07) is 8.11.